The first-order chi connectivity index (χ1) is 12.9. The highest BCUT2D eigenvalue weighted by Crippen LogP contribution is 2.25. The predicted molar refractivity (Wildman–Crippen MR) is 106 cm³/mol. The molecule has 5 heteroatoms. The summed E-state index contributed by atoms with van der Waals surface area (Å²) in [6, 6.07) is 10.8. The molecule has 0 amide bonds. The van der Waals surface area contributed by atoms with Gasteiger partial charge in [0.1, 0.15) is 0 Å². The smallest absolute Gasteiger partial charge is 0.247 e. The summed E-state index contributed by atoms with van der Waals surface area (Å²) in [5.41, 5.74) is 1.45. The van der Waals surface area contributed by atoms with Crippen LogP contribution in [-0.4, -0.2) is 41.4 Å². The molecule has 4 rings (SSSR count). The molecule has 0 aliphatic carbocycles. The molecule has 3 heterocycles. The van der Waals surface area contributed by atoms with Gasteiger partial charge in [-0.2, -0.15) is 10.1 Å². The van der Waals surface area contributed by atoms with E-state index in [-0.39, 0.29) is 0 Å². The molecular weight excluding hydrogens is 322 g/mol. The van der Waals surface area contributed by atoms with E-state index in [2.05, 4.69) is 50.3 Å². The van der Waals surface area contributed by atoms with Crippen molar-refractivity contribution in [1.82, 2.24) is 15.2 Å². The summed E-state index contributed by atoms with van der Waals surface area (Å²) in [6.07, 6.45) is 10.6. The molecule has 2 aromatic rings. The molecule has 26 heavy (non-hydrogen) atoms. The van der Waals surface area contributed by atoms with E-state index in [1.165, 1.54) is 50.5 Å². The van der Waals surface area contributed by atoms with Gasteiger partial charge in [-0.15, -0.1) is 5.10 Å². The molecule has 0 unspecified atom stereocenters. The maximum Gasteiger partial charge on any atom is 0.247 e. The summed E-state index contributed by atoms with van der Waals surface area (Å²) < 4.78 is 0. The Labute approximate surface area is 156 Å². The van der Waals surface area contributed by atoms with Gasteiger partial charge in [0.15, 0.2) is 5.82 Å². The van der Waals surface area contributed by atoms with E-state index in [1.807, 2.05) is 6.20 Å². The molecule has 1 aromatic heterocycles. The molecule has 2 saturated heterocycles. The molecule has 0 saturated carbocycles. The Bertz CT molecular complexity index is 674. The molecule has 0 atom stereocenters. The molecule has 2 fully saturated rings. The fourth-order valence-corrected chi connectivity index (χ4v) is 4.16. The largest absolute Gasteiger partial charge is 0.355 e. The average molecular weight is 351 g/mol. The predicted octanol–water partition coefficient (Wildman–Crippen LogP) is 3.71. The Balaban J connectivity index is 1.36. The highest BCUT2D eigenvalue weighted by Gasteiger charge is 2.22. The number of benzene rings is 1. The van der Waals surface area contributed by atoms with Gasteiger partial charge in [-0.25, -0.2) is 0 Å². The minimum absolute atomic E-state index is 0.760. The fourth-order valence-electron chi connectivity index (χ4n) is 4.16. The Morgan fingerprint density at radius 3 is 2.31 bits per heavy atom. The Kier molecular flexibility index (Phi) is 5.62. The van der Waals surface area contributed by atoms with Gasteiger partial charge in [-0.3, -0.25) is 0 Å². The third kappa shape index (κ3) is 4.32. The van der Waals surface area contributed by atoms with Crippen LogP contribution in [0.3, 0.4) is 0 Å². The summed E-state index contributed by atoms with van der Waals surface area (Å²) >= 11 is 0. The van der Waals surface area contributed by atoms with Crippen LogP contribution in [0.25, 0.3) is 0 Å². The second kappa shape index (κ2) is 8.47. The van der Waals surface area contributed by atoms with Crippen LogP contribution in [0.2, 0.25) is 0 Å². The topological polar surface area (TPSA) is 45.2 Å². The minimum atomic E-state index is 0.760. The lowest BCUT2D eigenvalue weighted by molar-refractivity contribution is 0.400. The monoisotopic (exact) mass is 351 g/mol. The molecule has 0 radical (unpaired) electrons. The van der Waals surface area contributed by atoms with E-state index in [1.54, 1.807) is 0 Å². The molecular formula is C21H29N5. The van der Waals surface area contributed by atoms with Crippen molar-refractivity contribution in [1.29, 1.82) is 0 Å². The van der Waals surface area contributed by atoms with Gasteiger partial charge in [0.2, 0.25) is 5.95 Å². The zero-order valence-electron chi connectivity index (χ0n) is 15.6. The molecule has 0 bridgehead atoms. The lowest BCUT2D eigenvalue weighted by Crippen LogP contribution is -2.36. The number of hydrogen-bond acceptors (Lipinski definition) is 5. The van der Waals surface area contributed by atoms with Crippen molar-refractivity contribution in [3.05, 3.63) is 42.1 Å². The third-order valence-electron chi connectivity index (χ3n) is 5.73. The number of nitrogens with zero attached hydrogens (tertiary/aromatic N) is 5. The summed E-state index contributed by atoms with van der Waals surface area (Å²) in [5.74, 6) is 2.57. The summed E-state index contributed by atoms with van der Waals surface area (Å²) in [7, 11) is 0. The van der Waals surface area contributed by atoms with E-state index >= 15 is 0 Å². The van der Waals surface area contributed by atoms with Crippen molar-refractivity contribution in [2.24, 2.45) is 5.92 Å². The first-order valence-electron chi connectivity index (χ1n) is 10.1. The van der Waals surface area contributed by atoms with Gasteiger partial charge in [0.25, 0.3) is 0 Å². The first-order valence-corrected chi connectivity index (χ1v) is 10.1. The van der Waals surface area contributed by atoms with E-state index < -0.39 is 0 Å². The van der Waals surface area contributed by atoms with Crippen LogP contribution in [0.4, 0.5) is 11.8 Å². The Morgan fingerprint density at radius 1 is 0.846 bits per heavy atom. The molecule has 138 valence electrons. The van der Waals surface area contributed by atoms with Gasteiger partial charge >= 0.3 is 0 Å². The molecule has 5 nitrogen and oxygen atoms in total. The van der Waals surface area contributed by atoms with Gasteiger partial charge in [0, 0.05) is 26.2 Å². The quantitative estimate of drug-likeness (QED) is 0.840. The van der Waals surface area contributed by atoms with E-state index in [0.29, 0.717) is 0 Å². The zero-order valence-corrected chi connectivity index (χ0v) is 15.6. The number of hydrogen-bond donors (Lipinski definition) is 0. The maximum absolute atomic E-state index is 4.85. The Hall–Kier alpha value is -2.17. The van der Waals surface area contributed by atoms with Gasteiger partial charge in [-0.05, 0) is 43.6 Å². The van der Waals surface area contributed by atoms with Crippen molar-refractivity contribution < 1.29 is 0 Å². The minimum Gasteiger partial charge on any atom is -0.355 e. The maximum atomic E-state index is 4.85. The fraction of sp³-hybridized carbons (Fsp3) is 0.571. The number of aromatic nitrogens is 3. The Morgan fingerprint density at radius 2 is 1.58 bits per heavy atom. The lowest BCUT2D eigenvalue weighted by atomic mass is 9.90. The molecule has 0 spiro atoms. The SMILES string of the molecule is c1ccc(CC2CCN(c3nncc(N4CCCCCC4)n3)CC2)cc1. The van der Waals surface area contributed by atoms with Crippen molar-refractivity contribution in [3.63, 3.8) is 0 Å². The van der Waals surface area contributed by atoms with E-state index in [9.17, 15) is 0 Å². The standard InChI is InChI=1S/C21H29N5/c1-2-7-13-25(12-6-1)20-17-22-24-21(23-20)26-14-10-19(11-15-26)16-18-8-4-3-5-9-18/h3-5,8-9,17,19H,1-2,6-7,10-16H2. The van der Waals surface area contributed by atoms with Crippen LogP contribution in [0, 0.1) is 5.92 Å². The highest BCUT2D eigenvalue weighted by molar-refractivity contribution is 5.42. The molecule has 2 aliphatic rings. The summed E-state index contributed by atoms with van der Waals surface area (Å²) in [4.78, 5) is 9.55. The molecule has 1 aromatic carbocycles. The summed E-state index contributed by atoms with van der Waals surface area (Å²) in [6.45, 7) is 4.25. The van der Waals surface area contributed by atoms with Crippen molar-refractivity contribution in [3.8, 4) is 0 Å². The zero-order chi connectivity index (χ0) is 17.6. The number of piperidine rings is 1. The van der Waals surface area contributed by atoms with Gasteiger partial charge < -0.3 is 9.80 Å². The van der Waals surface area contributed by atoms with Crippen LogP contribution in [-0.2, 0) is 6.42 Å². The lowest BCUT2D eigenvalue weighted by Gasteiger charge is -2.32. The van der Waals surface area contributed by atoms with Crippen LogP contribution < -0.4 is 9.80 Å². The van der Waals surface area contributed by atoms with E-state index in [4.69, 9.17) is 4.98 Å². The normalized spacial score (nSPS) is 19.4. The molecule has 2 aliphatic heterocycles. The van der Waals surface area contributed by atoms with E-state index in [0.717, 1.165) is 43.9 Å². The van der Waals surface area contributed by atoms with Crippen LogP contribution in [0.1, 0.15) is 44.1 Å². The van der Waals surface area contributed by atoms with Crippen molar-refractivity contribution >= 4 is 11.8 Å². The van der Waals surface area contributed by atoms with Crippen LogP contribution in [0.15, 0.2) is 36.5 Å². The first kappa shape index (κ1) is 17.3. The van der Waals surface area contributed by atoms with Crippen molar-refractivity contribution in [2.75, 3.05) is 36.0 Å². The van der Waals surface area contributed by atoms with Gasteiger partial charge in [0.05, 0.1) is 6.20 Å². The number of rotatable bonds is 4. The van der Waals surface area contributed by atoms with Crippen LogP contribution >= 0.6 is 0 Å². The number of anilines is 2. The third-order valence-corrected chi connectivity index (χ3v) is 5.73. The average Bonchev–Trinajstić information content (AvgIpc) is 2.99. The summed E-state index contributed by atoms with van der Waals surface area (Å²) in [5, 5.41) is 8.59. The van der Waals surface area contributed by atoms with Crippen molar-refractivity contribution in [2.45, 2.75) is 44.9 Å². The second-order valence-electron chi connectivity index (χ2n) is 7.64. The highest BCUT2D eigenvalue weighted by atomic mass is 15.3. The second-order valence-corrected chi connectivity index (χ2v) is 7.64. The van der Waals surface area contributed by atoms with Crippen LogP contribution in [0.5, 0.6) is 0 Å². The van der Waals surface area contributed by atoms with Gasteiger partial charge in [-0.1, -0.05) is 43.2 Å². The molecule has 0 N–H and O–H groups in total.